The molecular formula is C22H16Cl2N8O5. The third-order valence-corrected chi connectivity index (χ3v) is 5.73. The van der Waals surface area contributed by atoms with Crippen molar-refractivity contribution in [3.05, 3.63) is 85.9 Å². The summed E-state index contributed by atoms with van der Waals surface area (Å²) in [5, 5.41) is 28.2. The summed E-state index contributed by atoms with van der Waals surface area (Å²) in [5.74, 6) is -2.80. The van der Waals surface area contributed by atoms with Crippen molar-refractivity contribution in [1.29, 1.82) is 0 Å². The first-order valence-electron chi connectivity index (χ1n) is 10.4. The van der Waals surface area contributed by atoms with Crippen LogP contribution >= 0.6 is 23.2 Å². The average molecular weight is 543 g/mol. The number of nitrogens with zero attached hydrogens (tertiary/aromatic N) is 4. The summed E-state index contributed by atoms with van der Waals surface area (Å²) < 4.78 is 0. The SMILES string of the molecule is O=C(Nc1[nH]c(=O)ncc1CC(NC(=O)c1c(Cl)cccc1Cl)C(=O)O)c1ccccc1-c1nn[nH]n1. The van der Waals surface area contributed by atoms with E-state index >= 15 is 0 Å². The second-order valence-electron chi connectivity index (χ2n) is 7.49. The van der Waals surface area contributed by atoms with Crippen LogP contribution in [0.5, 0.6) is 0 Å². The highest BCUT2D eigenvalue weighted by atomic mass is 35.5. The minimum absolute atomic E-state index is 0.0352. The lowest BCUT2D eigenvalue weighted by atomic mass is 10.1. The molecule has 5 N–H and O–H groups in total. The molecule has 188 valence electrons. The van der Waals surface area contributed by atoms with Crippen LogP contribution in [-0.4, -0.2) is 59.5 Å². The molecule has 15 heteroatoms. The van der Waals surface area contributed by atoms with E-state index in [4.69, 9.17) is 23.2 Å². The molecule has 0 fully saturated rings. The molecule has 2 aromatic carbocycles. The van der Waals surface area contributed by atoms with Gasteiger partial charge in [0.15, 0.2) is 0 Å². The van der Waals surface area contributed by atoms with Crippen molar-refractivity contribution in [3.63, 3.8) is 0 Å². The molecule has 2 heterocycles. The molecule has 2 amide bonds. The van der Waals surface area contributed by atoms with Crippen molar-refractivity contribution < 1.29 is 19.5 Å². The molecule has 0 aliphatic carbocycles. The third kappa shape index (κ3) is 5.79. The number of carbonyl (C=O) groups excluding carboxylic acids is 2. The first-order valence-corrected chi connectivity index (χ1v) is 11.2. The van der Waals surface area contributed by atoms with E-state index in [0.717, 1.165) is 6.20 Å². The smallest absolute Gasteiger partial charge is 0.346 e. The highest BCUT2D eigenvalue weighted by Crippen LogP contribution is 2.25. The van der Waals surface area contributed by atoms with Gasteiger partial charge in [0.25, 0.3) is 11.8 Å². The number of hydrogen-bond acceptors (Lipinski definition) is 8. The molecule has 0 aliphatic heterocycles. The van der Waals surface area contributed by atoms with Crippen molar-refractivity contribution in [3.8, 4) is 11.4 Å². The Morgan fingerprint density at radius 2 is 1.76 bits per heavy atom. The van der Waals surface area contributed by atoms with Crippen molar-refractivity contribution in [2.75, 3.05) is 5.32 Å². The van der Waals surface area contributed by atoms with Gasteiger partial charge in [0.2, 0.25) is 5.82 Å². The highest BCUT2D eigenvalue weighted by Gasteiger charge is 2.26. The van der Waals surface area contributed by atoms with E-state index in [1.54, 1.807) is 18.2 Å². The lowest BCUT2D eigenvalue weighted by molar-refractivity contribution is -0.139. The molecule has 0 radical (unpaired) electrons. The van der Waals surface area contributed by atoms with Gasteiger partial charge in [-0.2, -0.15) is 5.21 Å². The number of aromatic nitrogens is 6. The molecule has 0 bridgehead atoms. The summed E-state index contributed by atoms with van der Waals surface area (Å²) in [6.07, 6.45) is 0.749. The van der Waals surface area contributed by atoms with Crippen molar-refractivity contribution in [2.45, 2.75) is 12.5 Å². The van der Waals surface area contributed by atoms with Gasteiger partial charge in [0.05, 0.1) is 21.2 Å². The van der Waals surface area contributed by atoms with Crippen molar-refractivity contribution >= 4 is 46.8 Å². The molecule has 1 unspecified atom stereocenters. The number of carboxylic acid groups (broad SMARTS) is 1. The van der Waals surface area contributed by atoms with Crippen LogP contribution in [0, 0.1) is 0 Å². The topological polar surface area (TPSA) is 196 Å². The van der Waals surface area contributed by atoms with Gasteiger partial charge < -0.3 is 15.7 Å². The number of anilines is 1. The Morgan fingerprint density at radius 3 is 2.43 bits per heavy atom. The summed E-state index contributed by atoms with van der Waals surface area (Å²) in [6.45, 7) is 0. The number of carbonyl (C=O) groups is 3. The Morgan fingerprint density at radius 1 is 1.03 bits per heavy atom. The van der Waals surface area contributed by atoms with Crippen LogP contribution in [0.25, 0.3) is 11.4 Å². The molecule has 1 atom stereocenters. The Labute approximate surface area is 217 Å². The Bertz CT molecular complexity index is 1520. The molecule has 37 heavy (non-hydrogen) atoms. The maximum atomic E-state index is 13.1. The Balaban J connectivity index is 1.60. The number of benzene rings is 2. The zero-order valence-corrected chi connectivity index (χ0v) is 20.0. The Kier molecular flexibility index (Phi) is 7.55. The number of rotatable bonds is 8. The van der Waals surface area contributed by atoms with E-state index in [1.807, 2.05) is 0 Å². The summed E-state index contributed by atoms with van der Waals surface area (Å²) in [5.41, 5.74) is -0.238. The maximum Gasteiger partial charge on any atom is 0.346 e. The molecule has 13 nitrogen and oxygen atoms in total. The van der Waals surface area contributed by atoms with Crippen LogP contribution < -0.4 is 16.3 Å². The molecule has 2 aromatic heterocycles. The molecular weight excluding hydrogens is 527 g/mol. The lowest BCUT2D eigenvalue weighted by Gasteiger charge is -2.17. The highest BCUT2D eigenvalue weighted by molar-refractivity contribution is 6.39. The summed E-state index contributed by atoms with van der Waals surface area (Å²) in [6, 6.07) is 9.31. The average Bonchev–Trinajstić information content (AvgIpc) is 3.40. The monoisotopic (exact) mass is 542 g/mol. The van der Waals surface area contributed by atoms with Crippen LogP contribution in [0.4, 0.5) is 5.82 Å². The van der Waals surface area contributed by atoms with Gasteiger partial charge in [-0.25, -0.2) is 14.6 Å². The fraction of sp³-hybridized carbons (Fsp3) is 0.0909. The summed E-state index contributed by atoms with van der Waals surface area (Å²) in [7, 11) is 0. The van der Waals surface area contributed by atoms with Crippen LogP contribution in [0.3, 0.4) is 0 Å². The second kappa shape index (κ2) is 11.0. The van der Waals surface area contributed by atoms with Gasteiger partial charge in [0, 0.05) is 23.7 Å². The number of hydrogen-bond donors (Lipinski definition) is 5. The molecule has 4 aromatic rings. The molecule has 0 aliphatic rings. The van der Waals surface area contributed by atoms with Crippen LogP contribution in [0.1, 0.15) is 26.3 Å². The maximum absolute atomic E-state index is 13.1. The number of H-pyrrole nitrogens is 2. The zero-order chi connectivity index (χ0) is 26.5. The third-order valence-electron chi connectivity index (χ3n) is 5.10. The number of tetrazole rings is 1. The van der Waals surface area contributed by atoms with Gasteiger partial charge in [-0.3, -0.25) is 14.6 Å². The standard InChI is InChI=1S/C22H16Cl2N8O5/c23-13-6-3-7-14(24)16(13)20(34)26-15(21(35)36)8-10-9-25-22(37)28-17(10)27-19(33)12-5-2-1-4-11(12)18-29-31-32-30-18/h1-7,9,15H,8H2,(H,26,34)(H,35,36)(H,29,30,31,32)(H2,25,27,28,33,37). The number of aliphatic carboxylic acids is 1. The van der Waals surface area contributed by atoms with E-state index in [1.165, 1.54) is 24.3 Å². The minimum Gasteiger partial charge on any atom is -0.480 e. The van der Waals surface area contributed by atoms with Crippen LogP contribution in [-0.2, 0) is 11.2 Å². The minimum atomic E-state index is -1.49. The second-order valence-corrected chi connectivity index (χ2v) is 8.30. The van der Waals surface area contributed by atoms with E-state index in [9.17, 15) is 24.3 Å². The van der Waals surface area contributed by atoms with Crippen LogP contribution in [0.2, 0.25) is 10.0 Å². The molecule has 0 saturated carbocycles. The van der Waals surface area contributed by atoms with Gasteiger partial charge >= 0.3 is 11.7 Å². The van der Waals surface area contributed by atoms with Gasteiger partial charge in [0.1, 0.15) is 11.9 Å². The first-order chi connectivity index (χ1) is 17.7. The molecule has 0 saturated heterocycles. The predicted octanol–water partition coefficient (Wildman–Crippen LogP) is 1.93. The largest absolute Gasteiger partial charge is 0.480 e. The number of amides is 2. The first kappa shape index (κ1) is 25.5. The summed E-state index contributed by atoms with van der Waals surface area (Å²) >= 11 is 12.1. The molecule has 0 spiro atoms. The number of carboxylic acids is 1. The van der Waals surface area contributed by atoms with Gasteiger partial charge in [-0.05, 0) is 23.4 Å². The predicted molar refractivity (Wildman–Crippen MR) is 131 cm³/mol. The molecule has 4 rings (SSSR count). The number of nitrogens with one attached hydrogen (secondary N) is 4. The Hall–Kier alpha value is -4.62. The van der Waals surface area contributed by atoms with Gasteiger partial charge in [-0.1, -0.05) is 47.5 Å². The summed E-state index contributed by atoms with van der Waals surface area (Å²) in [4.78, 5) is 55.7. The van der Waals surface area contributed by atoms with E-state index < -0.39 is 29.5 Å². The quantitative estimate of drug-likeness (QED) is 0.221. The van der Waals surface area contributed by atoms with Crippen molar-refractivity contribution in [1.82, 2.24) is 35.9 Å². The number of aromatic amines is 2. The fourth-order valence-electron chi connectivity index (χ4n) is 3.38. The lowest BCUT2D eigenvalue weighted by Crippen LogP contribution is -2.42. The van der Waals surface area contributed by atoms with Crippen molar-refractivity contribution in [2.24, 2.45) is 0 Å². The van der Waals surface area contributed by atoms with E-state index in [2.05, 4.69) is 41.2 Å². The fourth-order valence-corrected chi connectivity index (χ4v) is 3.95. The zero-order valence-electron chi connectivity index (χ0n) is 18.5. The number of halogens is 2. The normalized spacial score (nSPS) is 11.5. The van der Waals surface area contributed by atoms with Crippen LogP contribution in [0.15, 0.2) is 53.5 Å². The van der Waals surface area contributed by atoms with E-state index in [0.29, 0.717) is 5.56 Å². The van der Waals surface area contributed by atoms with E-state index in [-0.39, 0.29) is 44.8 Å². The van der Waals surface area contributed by atoms with Gasteiger partial charge in [-0.15, -0.1) is 10.2 Å².